The Morgan fingerprint density at radius 3 is 2.30 bits per heavy atom. The van der Waals surface area contributed by atoms with E-state index in [0.717, 1.165) is 21.9 Å². The maximum absolute atomic E-state index is 14.4. The SMILES string of the molecule is C=CC1CC1(CC(=O)[C@@H]1C[C@@H](Sc2ccc3ccccc3c2)CN1C(=O)[C@@H](CC(=O)OC(C)(C)C)C(C)(C)C)C(=O)NS(C)(=O)=O. The molecule has 1 aliphatic heterocycles. The molecule has 1 heterocycles. The number of sulfonamides is 1. The van der Waals surface area contributed by atoms with E-state index < -0.39 is 50.3 Å². The zero-order valence-electron chi connectivity index (χ0n) is 27.8. The lowest BCUT2D eigenvalue weighted by molar-refractivity contribution is -0.161. The lowest BCUT2D eigenvalue weighted by atomic mass is 9.77. The molecule has 2 amide bonds. The average molecular weight is 671 g/mol. The minimum absolute atomic E-state index is 0.128. The molecule has 9 nitrogen and oxygen atoms in total. The van der Waals surface area contributed by atoms with Gasteiger partial charge in [-0.25, -0.2) is 8.42 Å². The Bertz CT molecular complexity index is 1640. The first-order chi connectivity index (χ1) is 21.2. The molecule has 1 aliphatic carbocycles. The summed E-state index contributed by atoms with van der Waals surface area (Å²) in [4.78, 5) is 57.2. The molecule has 46 heavy (non-hydrogen) atoms. The molecule has 1 saturated heterocycles. The maximum atomic E-state index is 14.4. The fourth-order valence-corrected chi connectivity index (χ4v) is 8.04. The highest BCUT2D eigenvalue weighted by Gasteiger charge is 2.61. The van der Waals surface area contributed by atoms with E-state index >= 15 is 0 Å². The number of benzene rings is 2. The van der Waals surface area contributed by atoms with Gasteiger partial charge in [-0.05, 0) is 67.9 Å². The van der Waals surface area contributed by atoms with Crippen LogP contribution in [0.1, 0.15) is 67.2 Å². The second kappa shape index (κ2) is 13.1. The summed E-state index contributed by atoms with van der Waals surface area (Å²) in [6.45, 7) is 15.0. The second-order valence-electron chi connectivity index (χ2n) is 14.7. The molecule has 250 valence electrons. The van der Waals surface area contributed by atoms with Crippen molar-refractivity contribution >= 4 is 56.1 Å². The van der Waals surface area contributed by atoms with Gasteiger partial charge in [0.15, 0.2) is 5.78 Å². The zero-order valence-corrected chi connectivity index (χ0v) is 29.4. The van der Waals surface area contributed by atoms with E-state index in [1.54, 1.807) is 43.5 Å². The molecule has 0 radical (unpaired) electrons. The van der Waals surface area contributed by atoms with E-state index in [1.165, 1.54) is 0 Å². The summed E-state index contributed by atoms with van der Waals surface area (Å²) in [5.41, 5.74) is -2.57. The smallest absolute Gasteiger partial charge is 0.307 e. The quantitative estimate of drug-likeness (QED) is 0.245. The number of carbonyl (C=O) groups excluding carboxylic acids is 4. The molecule has 1 N–H and O–H groups in total. The molecule has 0 aromatic heterocycles. The molecule has 11 heteroatoms. The second-order valence-corrected chi connectivity index (χ2v) is 17.9. The van der Waals surface area contributed by atoms with Crippen molar-refractivity contribution in [2.24, 2.45) is 22.7 Å². The normalized spacial score (nSPS) is 23.9. The molecule has 1 saturated carbocycles. The van der Waals surface area contributed by atoms with Crippen LogP contribution < -0.4 is 4.72 Å². The van der Waals surface area contributed by atoms with E-state index in [0.29, 0.717) is 12.8 Å². The van der Waals surface area contributed by atoms with Gasteiger partial charge >= 0.3 is 5.97 Å². The summed E-state index contributed by atoms with van der Waals surface area (Å²) in [6.07, 6.45) is 2.76. The third-order valence-electron chi connectivity index (χ3n) is 8.71. The van der Waals surface area contributed by atoms with Crippen molar-refractivity contribution in [1.82, 2.24) is 9.62 Å². The van der Waals surface area contributed by atoms with Gasteiger partial charge in [0.2, 0.25) is 21.8 Å². The van der Waals surface area contributed by atoms with Crippen LogP contribution in [0, 0.1) is 22.7 Å². The number of hydrogen-bond donors (Lipinski definition) is 1. The fourth-order valence-electron chi connectivity index (χ4n) is 6.26. The van der Waals surface area contributed by atoms with Gasteiger partial charge < -0.3 is 9.64 Å². The number of likely N-dealkylation sites (tertiary alicyclic amines) is 1. The maximum Gasteiger partial charge on any atom is 0.307 e. The molecular weight excluding hydrogens is 625 g/mol. The molecule has 5 atom stereocenters. The van der Waals surface area contributed by atoms with E-state index in [-0.39, 0.29) is 42.2 Å². The van der Waals surface area contributed by atoms with Crippen LogP contribution in [0.15, 0.2) is 60.0 Å². The summed E-state index contributed by atoms with van der Waals surface area (Å²) < 4.78 is 31.4. The van der Waals surface area contributed by atoms with Crippen molar-refractivity contribution in [2.45, 2.75) is 89.0 Å². The molecule has 0 bridgehead atoms. The zero-order chi connectivity index (χ0) is 34.2. The first kappa shape index (κ1) is 35.7. The summed E-state index contributed by atoms with van der Waals surface area (Å²) in [5.74, 6) is -2.97. The Morgan fingerprint density at radius 1 is 1.09 bits per heavy atom. The highest BCUT2D eigenvalue weighted by atomic mass is 32.2. The first-order valence-corrected chi connectivity index (χ1v) is 18.3. The van der Waals surface area contributed by atoms with Crippen LogP contribution in [0.3, 0.4) is 0 Å². The summed E-state index contributed by atoms with van der Waals surface area (Å²) >= 11 is 1.59. The average Bonchev–Trinajstić information content (AvgIpc) is 3.48. The number of carbonyl (C=O) groups is 4. The Labute approximate surface area is 276 Å². The Morgan fingerprint density at radius 2 is 1.74 bits per heavy atom. The minimum atomic E-state index is -3.85. The number of rotatable bonds is 11. The van der Waals surface area contributed by atoms with Crippen LogP contribution >= 0.6 is 11.8 Å². The molecule has 2 unspecified atom stereocenters. The number of nitrogens with zero attached hydrogens (tertiary/aromatic N) is 1. The van der Waals surface area contributed by atoms with Crippen molar-refractivity contribution in [3.05, 3.63) is 55.1 Å². The molecular formula is C35H46N2O7S2. The van der Waals surface area contributed by atoms with Gasteiger partial charge in [0, 0.05) is 23.1 Å². The molecule has 2 fully saturated rings. The van der Waals surface area contributed by atoms with Crippen LogP contribution in [0.25, 0.3) is 10.8 Å². The molecule has 2 aromatic carbocycles. The minimum Gasteiger partial charge on any atom is -0.460 e. The monoisotopic (exact) mass is 670 g/mol. The van der Waals surface area contributed by atoms with Crippen molar-refractivity contribution in [1.29, 1.82) is 0 Å². The van der Waals surface area contributed by atoms with Crippen molar-refractivity contribution in [3.8, 4) is 0 Å². The number of allylic oxidation sites excluding steroid dienone is 1. The summed E-state index contributed by atoms with van der Waals surface area (Å²) in [7, 11) is -3.85. The van der Waals surface area contributed by atoms with E-state index in [2.05, 4.69) is 12.6 Å². The Hall–Kier alpha value is -3.18. The molecule has 2 aromatic rings. The van der Waals surface area contributed by atoms with Crippen molar-refractivity contribution < 1.29 is 32.3 Å². The number of amides is 2. The number of ether oxygens (including phenoxy) is 1. The van der Waals surface area contributed by atoms with Crippen LogP contribution in [0.5, 0.6) is 0 Å². The highest BCUT2D eigenvalue weighted by Crippen LogP contribution is 2.57. The van der Waals surface area contributed by atoms with Crippen LogP contribution in [0.4, 0.5) is 0 Å². The lowest BCUT2D eigenvalue weighted by Crippen LogP contribution is -2.48. The summed E-state index contributed by atoms with van der Waals surface area (Å²) in [5, 5.41) is 2.06. The van der Waals surface area contributed by atoms with Crippen LogP contribution in [0.2, 0.25) is 0 Å². The predicted molar refractivity (Wildman–Crippen MR) is 180 cm³/mol. The van der Waals surface area contributed by atoms with Crippen molar-refractivity contribution in [3.63, 3.8) is 0 Å². The van der Waals surface area contributed by atoms with E-state index in [4.69, 9.17) is 4.74 Å². The van der Waals surface area contributed by atoms with Gasteiger partial charge in [-0.3, -0.25) is 23.9 Å². The molecule has 0 spiro atoms. The Balaban J connectivity index is 1.64. The number of ketones is 1. The van der Waals surface area contributed by atoms with Crippen LogP contribution in [-0.4, -0.2) is 66.6 Å². The van der Waals surface area contributed by atoms with Gasteiger partial charge in [0.05, 0.1) is 30.1 Å². The first-order valence-electron chi connectivity index (χ1n) is 15.6. The van der Waals surface area contributed by atoms with Gasteiger partial charge in [0.25, 0.3) is 0 Å². The van der Waals surface area contributed by atoms with Gasteiger partial charge in [0.1, 0.15) is 5.60 Å². The van der Waals surface area contributed by atoms with E-state index in [9.17, 15) is 27.6 Å². The number of nitrogens with one attached hydrogen (secondary N) is 1. The number of esters is 1. The largest absolute Gasteiger partial charge is 0.460 e. The molecule has 4 rings (SSSR count). The fraction of sp³-hybridized carbons (Fsp3) is 0.543. The number of fused-ring (bicyclic) bond motifs is 1. The number of thioether (sulfide) groups is 1. The highest BCUT2D eigenvalue weighted by molar-refractivity contribution is 8.00. The predicted octanol–water partition coefficient (Wildman–Crippen LogP) is 5.52. The van der Waals surface area contributed by atoms with Gasteiger partial charge in [-0.1, -0.05) is 57.2 Å². The third-order valence-corrected chi connectivity index (χ3v) is 10.5. The topological polar surface area (TPSA) is 127 Å². The molecule has 2 aliphatic rings. The Kier molecular flexibility index (Phi) is 10.2. The number of hydrogen-bond acceptors (Lipinski definition) is 8. The number of Topliss-reactive ketones (excluding diaryl/α,β-unsaturated/α-hetero) is 1. The van der Waals surface area contributed by atoms with Gasteiger partial charge in [-0.2, -0.15) is 0 Å². The van der Waals surface area contributed by atoms with Crippen LogP contribution in [-0.2, 0) is 33.9 Å². The van der Waals surface area contributed by atoms with Crippen molar-refractivity contribution in [2.75, 3.05) is 12.8 Å². The van der Waals surface area contributed by atoms with Gasteiger partial charge in [-0.15, -0.1) is 18.3 Å². The standard InChI is InChI=1S/C35H46N2O7S2/c1-9-24-19-35(24,32(41)36-46(8,42)43)20-29(38)28-17-26(45-25-15-14-22-12-10-11-13-23(22)16-25)21-37(28)31(40)27(33(2,3)4)18-30(39)44-34(5,6)7/h9-16,24,26-28H,1,17-21H2,2-8H3,(H,36,41)/t24?,26-,27-,28+,35?/m1/s1. The lowest BCUT2D eigenvalue weighted by Gasteiger charge is -2.35. The van der Waals surface area contributed by atoms with E-state index in [1.807, 2.05) is 61.9 Å². The third kappa shape index (κ3) is 8.59. The summed E-state index contributed by atoms with van der Waals surface area (Å²) in [6, 6.07) is 13.3.